The van der Waals surface area contributed by atoms with E-state index in [1.54, 1.807) is 6.33 Å². The van der Waals surface area contributed by atoms with Crippen LogP contribution in [0.15, 0.2) is 30.9 Å². The van der Waals surface area contributed by atoms with Gasteiger partial charge in [-0.2, -0.15) is 5.10 Å². The molecule has 0 bridgehead atoms. The Balaban J connectivity index is 1.50. The molecular weight excluding hydrogens is 333 g/mol. The summed E-state index contributed by atoms with van der Waals surface area (Å²) in [5.74, 6) is 1.42. The molecule has 1 atom stereocenters. The van der Waals surface area contributed by atoms with Gasteiger partial charge in [-0.1, -0.05) is 0 Å². The maximum atomic E-state index is 13.5. The number of nitrogens with one attached hydrogen (secondary N) is 1. The van der Waals surface area contributed by atoms with E-state index in [4.69, 9.17) is 4.98 Å². The number of fused-ring (bicyclic) bond motifs is 1. The summed E-state index contributed by atoms with van der Waals surface area (Å²) in [7, 11) is 0. The molecule has 0 spiro atoms. The predicted octanol–water partition coefficient (Wildman–Crippen LogP) is 1.66. The third-order valence-corrected chi connectivity index (χ3v) is 5.14. The first-order valence-corrected chi connectivity index (χ1v) is 9.00. The molecule has 0 radical (unpaired) electrons. The fourth-order valence-corrected chi connectivity index (χ4v) is 3.57. The van der Waals surface area contributed by atoms with E-state index in [0.29, 0.717) is 25.4 Å². The lowest BCUT2D eigenvalue weighted by Crippen LogP contribution is -2.44. The zero-order valence-corrected chi connectivity index (χ0v) is 14.3. The number of halogens is 1. The van der Waals surface area contributed by atoms with Gasteiger partial charge in [0.15, 0.2) is 0 Å². The molecule has 3 aromatic heterocycles. The number of hydrogen-bond acceptors (Lipinski definition) is 6. The minimum Gasteiger partial charge on any atom is -0.354 e. The predicted molar refractivity (Wildman–Crippen MR) is 96.6 cm³/mol. The van der Waals surface area contributed by atoms with Crippen molar-refractivity contribution in [2.75, 3.05) is 31.1 Å². The largest absolute Gasteiger partial charge is 0.354 e. The summed E-state index contributed by atoms with van der Waals surface area (Å²) in [6, 6.07) is 3.84. The van der Waals surface area contributed by atoms with E-state index in [9.17, 15) is 4.39 Å². The highest BCUT2D eigenvalue weighted by atomic mass is 19.1. The number of rotatable bonds is 4. The van der Waals surface area contributed by atoms with Crippen LogP contribution in [0.4, 0.5) is 10.2 Å². The van der Waals surface area contributed by atoms with E-state index in [1.165, 1.54) is 0 Å². The van der Waals surface area contributed by atoms with Crippen molar-refractivity contribution in [2.24, 2.45) is 5.92 Å². The molecule has 3 aromatic rings. The standard InChI is InChI=1S/C18H20FN7/c19-14-3-4-25(10-14)16-2-1-15-18(24-16)17(22-11-21-15)13-7-23-26(9-13)8-12-5-20-6-12/h1-2,7,9,11-12,14,20H,3-6,8,10H2. The van der Waals surface area contributed by atoms with Crippen molar-refractivity contribution in [1.82, 2.24) is 30.0 Å². The van der Waals surface area contributed by atoms with Crippen molar-refractivity contribution in [2.45, 2.75) is 19.1 Å². The summed E-state index contributed by atoms with van der Waals surface area (Å²) in [5.41, 5.74) is 3.22. The fourth-order valence-electron chi connectivity index (χ4n) is 3.57. The molecule has 26 heavy (non-hydrogen) atoms. The van der Waals surface area contributed by atoms with Gasteiger partial charge in [0.05, 0.1) is 18.3 Å². The van der Waals surface area contributed by atoms with E-state index in [0.717, 1.165) is 47.7 Å². The van der Waals surface area contributed by atoms with Crippen molar-refractivity contribution >= 4 is 16.9 Å². The molecule has 2 aliphatic rings. The highest BCUT2D eigenvalue weighted by molar-refractivity contribution is 5.89. The normalized spacial score (nSPS) is 20.7. The first kappa shape index (κ1) is 15.6. The van der Waals surface area contributed by atoms with Crippen LogP contribution in [0.1, 0.15) is 6.42 Å². The minimum absolute atomic E-state index is 0.398. The molecule has 0 amide bonds. The lowest BCUT2D eigenvalue weighted by molar-refractivity contribution is 0.295. The van der Waals surface area contributed by atoms with Crippen LogP contribution in [0.25, 0.3) is 22.3 Å². The lowest BCUT2D eigenvalue weighted by Gasteiger charge is -2.26. The van der Waals surface area contributed by atoms with Crippen molar-refractivity contribution in [1.29, 1.82) is 0 Å². The van der Waals surface area contributed by atoms with Gasteiger partial charge in [0.25, 0.3) is 0 Å². The Bertz CT molecular complexity index is 936. The third-order valence-electron chi connectivity index (χ3n) is 5.14. The molecule has 134 valence electrons. The van der Waals surface area contributed by atoms with Gasteiger partial charge in [0.1, 0.15) is 29.5 Å². The molecule has 2 aliphatic heterocycles. The van der Waals surface area contributed by atoms with Crippen molar-refractivity contribution in [3.05, 3.63) is 30.9 Å². The van der Waals surface area contributed by atoms with Crippen molar-refractivity contribution in [3.8, 4) is 11.3 Å². The second-order valence-corrected chi connectivity index (χ2v) is 7.07. The maximum Gasteiger partial charge on any atom is 0.129 e. The zero-order chi connectivity index (χ0) is 17.5. The van der Waals surface area contributed by atoms with Gasteiger partial charge in [-0.05, 0) is 18.6 Å². The molecule has 0 aromatic carbocycles. The highest BCUT2D eigenvalue weighted by Gasteiger charge is 2.23. The topological polar surface area (TPSA) is 71.8 Å². The molecule has 1 N–H and O–H groups in total. The van der Waals surface area contributed by atoms with E-state index in [2.05, 4.69) is 20.4 Å². The lowest BCUT2D eigenvalue weighted by atomic mass is 10.0. The Labute approximate surface area is 150 Å². The second-order valence-electron chi connectivity index (χ2n) is 7.07. The van der Waals surface area contributed by atoms with Gasteiger partial charge >= 0.3 is 0 Å². The SMILES string of the molecule is FC1CCN(c2ccc3ncnc(-c4cnn(CC5CNC5)c4)c3n2)C1. The Morgan fingerprint density at radius 2 is 2.15 bits per heavy atom. The average Bonchev–Trinajstić information content (AvgIpc) is 3.26. The van der Waals surface area contributed by atoms with Crippen LogP contribution in [-0.2, 0) is 6.54 Å². The first-order valence-electron chi connectivity index (χ1n) is 9.00. The van der Waals surface area contributed by atoms with Gasteiger partial charge in [0.2, 0.25) is 0 Å². The van der Waals surface area contributed by atoms with Crippen LogP contribution in [0.2, 0.25) is 0 Å². The van der Waals surface area contributed by atoms with Crippen LogP contribution < -0.4 is 10.2 Å². The quantitative estimate of drug-likeness (QED) is 0.769. The van der Waals surface area contributed by atoms with Gasteiger partial charge in [0, 0.05) is 43.9 Å². The molecule has 7 nitrogen and oxygen atoms in total. The number of pyridine rings is 1. The number of aromatic nitrogens is 5. The Hall–Kier alpha value is -2.61. The first-order chi connectivity index (χ1) is 12.8. The number of alkyl halides is 1. The molecule has 2 saturated heterocycles. The summed E-state index contributed by atoms with van der Waals surface area (Å²) in [5, 5.41) is 7.75. The fraction of sp³-hybridized carbons (Fsp3) is 0.444. The molecule has 2 fully saturated rings. The Morgan fingerprint density at radius 3 is 2.92 bits per heavy atom. The van der Waals surface area contributed by atoms with E-state index in [-0.39, 0.29) is 0 Å². The Morgan fingerprint density at radius 1 is 1.23 bits per heavy atom. The molecule has 0 saturated carbocycles. The van der Waals surface area contributed by atoms with Crippen LogP contribution in [0.5, 0.6) is 0 Å². The number of anilines is 1. The molecule has 1 unspecified atom stereocenters. The smallest absolute Gasteiger partial charge is 0.129 e. The number of hydrogen-bond donors (Lipinski definition) is 1. The zero-order valence-electron chi connectivity index (χ0n) is 14.3. The second kappa shape index (κ2) is 6.28. The Kier molecular flexibility index (Phi) is 3.77. The third kappa shape index (κ3) is 2.80. The summed E-state index contributed by atoms with van der Waals surface area (Å²) in [4.78, 5) is 15.5. The monoisotopic (exact) mass is 353 g/mol. The molecule has 0 aliphatic carbocycles. The minimum atomic E-state index is -0.779. The van der Waals surface area contributed by atoms with Gasteiger partial charge < -0.3 is 10.2 Å². The molecule has 5 rings (SSSR count). The van der Waals surface area contributed by atoms with Crippen molar-refractivity contribution in [3.63, 3.8) is 0 Å². The summed E-state index contributed by atoms with van der Waals surface area (Å²) in [6.45, 7) is 4.08. The van der Waals surface area contributed by atoms with Crippen LogP contribution >= 0.6 is 0 Å². The summed E-state index contributed by atoms with van der Waals surface area (Å²) < 4.78 is 15.5. The maximum absolute atomic E-state index is 13.5. The molecule has 8 heteroatoms. The van der Waals surface area contributed by atoms with E-state index >= 15 is 0 Å². The van der Waals surface area contributed by atoms with E-state index < -0.39 is 6.17 Å². The van der Waals surface area contributed by atoms with Crippen LogP contribution in [0, 0.1) is 5.92 Å². The number of nitrogens with zero attached hydrogens (tertiary/aromatic N) is 6. The van der Waals surface area contributed by atoms with Crippen molar-refractivity contribution < 1.29 is 4.39 Å². The van der Waals surface area contributed by atoms with Gasteiger partial charge in [-0.25, -0.2) is 19.3 Å². The highest BCUT2D eigenvalue weighted by Crippen LogP contribution is 2.27. The average molecular weight is 353 g/mol. The molecule has 5 heterocycles. The van der Waals surface area contributed by atoms with Crippen LogP contribution in [-0.4, -0.2) is 57.1 Å². The van der Waals surface area contributed by atoms with Gasteiger partial charge in [-0.3, -0.25) is 4.68 Å². The summed E-state index contributed by atoms with van der Waals surface area (Å²) >= 11 is 0. The summed E-state index contributed by atoms with van der Waals surface area (Å²) in [6.07, 6.45) is 5.18. The van der Waals surface area contributed by atoms with Crippen LogP contribution in [0.3, 0.4) is 0 Å². The molecular formula is C18H20FN7. The van der Waals surface area contributed by atoms with E-state index in [1.807, 2.05) is 34.1 Å². The van der Waals surface area contributed by atoms with Gasteiger partial charge in [-0.15, -0.1) is 0 Å².